The number of carbonyl (C=O) groups is 1. The number of esters is 1. The monoisotopic (exact) mass is 276 g/mol. The maximum atomic E-state index is 11.6. The van der Waals surface area contributed by atoms with Crippen molar-refractivity contribution in [1.82, 2.24) is 20.0 Å². The zero-order chi connectivity index (χ0) is 14.4. The van der Waals surface area contributed by atoms with Gasteiger partial charge in [-0.05, 0) is 18.1 Å². The van der Waals surface area contributed by atoms with Gasteiger partial charge in [0, 0.05) is 26.0 Å². The molecule has 0 N–H and O–H groups in total. The molecule has 0 aliphatic heterocycles. The predicted molar refractivity (Wildman–Crippen MR) is 70.0 cm³/mol. The van der Waals surface area contributed by atoms with Gasteiger partial charge in [-0.3, -0.25) is 4.98 Å². The SMILES string of the molecule is COCc1c(C(=O)OC)nnn1CCc1cccnc1. The van der Waals surface area contributed by atoms with Gasteiger partial charge < -0.3 is 9.47 Å². The van der Waals surface area contributed by atoms with Crippen LogP contribution in [0.15, 0.2) is 24.5 Å². The fraction of sp³-hybridized carbons (Fsp3) is 0.385. The van der Waals surface area contributed by atoms with Crippen LogP contribution in [0.25, 0.3) is 0 Å². The summed E-state index contributed by atoms with van der Waals surface area (Å²) >= 11 is 0. The molecule has 2 heterocycles. The summed E-state index contributed by atoms with van der Waals surface area (Å²) in [7, 11) is 2.87. The van der Waals surface area contributed by atoms with Crippen LogP contribution in [0.4, 0.5) is 0 Å². The molecule has 0 aliphatic carbocycles. The van der Waals surface area contributed by atoms with Gasteiger partial charge in [0.15, 0.2) is 5.69 Å². The molecule has 7 heteroatoms. The van der Waals surface area contributed by atoms with Crippen molar-refractivity contribution in [3.8, 4) is 0 Å². The van der Waals surface area contributed by atoms with Gasteiger partial charge in [0.2, 0.25) is 0 Å². The first kappa shape index (κ1) is 14.1. The van der Waals surface area contributed by atoms with Gasteiger partial charge in [-0.2, -0.15) is 0 Å². The molecule has 0 saturated carbocycles. The van der Waals surface area contributed by atoms with Crippen LogP contribution in [0, 0.1) is 0 Å². The van der Waals surface area contributed by atoms with Gasteiger partial charge in [-0.15, -0.1) is 5.10 Å². The number of aryl methyl sites for hydroxylation is 2. The summed E-state index contributed by atoms with van der Waals surface area (Å²) in [5.74, 6) is -0.510. The minimum absolute atomic E-state index is 0.195. The molecule has 0 bridgehead atoms. The van der Waals surface area contributed by atoms with Gasteiger partial charge in [0.05, 0.1) is 19.4 Å². The molecule has 0 saturated heterocycles. The molecule has 0 radical (unpaired) electrons. The highest BCUT2D eigenvalue weighted by molar-refractivity contribution is 5.88. The first-order valence-corrected chi connectivity index (χ1v) is 6.14. The summed E-state index contributed by atoms with van der Waals surface area (Å²) in [5.41, 5.74) is 1.90. The van der Waals surface area contributed by atoms with E-state index in [0.29, 0.717) is 12.2 Å². The van der Waals surface area contributed by atoms with Crippen molar-refractivity contribution in [1.29, 1.82) is 0 Å². The largest absolute Gasteiger partial charge is 0.464 e. The van der Waals surface area contributed by atoms with E-state index in [9.17, 15) is 4.79 Å². The molecule has 20 heavy (non-hydrogen) atoms. The average Bonchev–Trinajstić information content (AvgIpc) is 2.89. The van der Waals surface area contributed by atoms with E-state index in [1.165, 1.54) is 7.11 Å². The number of nitrogens with zero attached hydrogens (tertiary/aromatic N) is 4. The highest BCUT2D eigenvalue weighted by Crippen LogP contribution is 2.10. The fourth-order valence-corrected chi connectivity index (χ4v) is 1.83. The molecule has 0 aromatic carbocycles. The molecule has 0 fully saturated rings. The zero-order valence-electron chi connectivity index (χ0n) is 11.4. The second-order valence-electron chi connectivity index (χ2n) is 4.14. The number of hydrogen-bond acceptors (Lipinski definition) is 6. The third kappa shape index (κ3) is 3.18. The van der Waals surface area contributed by atoms with Crippen molar-refractivity contribution in [2.24, 2.45) is 0 Å². The van der Waals surface area contributed by atoms with Crippen LogP contribution in [0.5, 0.6) is 0 Å². The molecule has 2 rings (SSSR count). The Morgan fingerprint density at radius 2 is 2.25 bits per heavy atom. The Labute approximate surface area is 116 Å². The van der Waals surface area contributed by atoms with Crippen molar-refractivity contribution < 1.29 is 14.3 Å². The number of methoxy groups -OCH3 is 2. The molecule has 0 aliphatic rings. The highest BCUT2D eigenvalue weighted by Gasteiger charge is 2.19. The maximum absolute atomic E-state index is 11.6. The molecular weight excluding hydrogens is 260 g/mol. The highest BCUT2D eigenvalue weighted by atomic mass is 16.5. The first-order chi connectivity index (χ1) is 9.76. The number of rotatable bonds is 6. The molecule has 106 valence electrons. The van der Waals surface area contributed by atoms with Crippen LogP contribution in [-0.2, 0) is 29.0 Å². The maximum Gasteiger partial charge on any atom is 0.360 e. The van der Waals surface area contributed by atoms with Gasteiger partial charge in [0.1, 0.15) is 0 Å². The summed E-state index contributed by atoms with van der Waals surface area (Å²) in [6.07, 6.45) is 4.27. The second-order valence-corrected chi connectivity index (χ2v) is 4.14. The van der Waals surface area contributed by atoms with Crippen molar-refractivity contribution in [3.63, 3.8) is 0 Å². The molecular formula is C13H16N4O3. The quantitative estimate of drug-likeness (QED) is 0.728. The number of pyridine rings is 1. The third-order valence-corrected chi connectivity index (χ3v) is 2.83. The minimum Gasteiger partial charge on any atom is -0.464 e. The summed E-state index contributed by atoms with van der Waals surface area (Å²) in [6.45, 7) is 0.846. The summed E-state index contributed by atoms with van der Waals surface area (Å²) < 4.78 is 11.4. The van der Waals surface area contributed by atoms with E-state index in [-0.39, 0.29) is 12.3 Å². The van der Waals surface area contributed by atoms with E-state index in [2.05, 4.69) is 20.0 Å². The molecule has 0 unspecified atom stereocenters. The van der Waals surface area contributed by atoms with Crippen LogP contribution in [0.2, 0.25) is 0 Å². The Balaban J connectivity index is 2.15. The Morgan fingerprint density at radius 1 is 1.40 bits per heavy atom. The lowest BCUT2D eigenvalue weighted by atomic mass is 10.2. The third-order valence-electron chi connectivity index (χ3n) is 2.83. The summed E-state index contributed by atoms with van der Waals surface area (Å²) in [6, 6.07) is 3.87. The molecule has 2 aromatic rings. The summed E-state index contributed by atoms with van der Waals surface area (Å²) in [5, 5.41) is 7.84. The lowest BCUT2D eigenvalue weighted by molar-refractivity contribution is 0.0588. The molecule has 7 nitrogen and oxygen atoms in total. The topological polar surface area (TPSA) is 79.1 Å². The number of ether oxygens (including phenoxy) is 2. The van der Waals surface area contributed by atoms with E-state index in [0.717, 1.165) is 12.0 Å². The average molecular weight is 276 g/mol. The van der Waals surface area contributed by atoms with Gasteiger partial charge >= 0.3 is 5.97 Å². The van der Waals surface area contributed by atoms with E-state index >= 15 is 0 Å². The lowest BCUT2D eigenvalue weighted by Crippen LogP contribution is -2.12. The Kier molecular flexibility index (Phi) is 4.78. The first-order valence-electron chi connectivity index (χ1n) is 6.14. The molecule has 2 aromatic heterocycles. The van der Waals surface area contributed by atoms with Crippen LogP contribution < -0.4 is 0 Å². The zero-order valence-corrected chi connectivity index (χ0v) is 11.4. The predicted octanol–water partition coefficient (Wildman–Crippen LogP) is 0.849. The Morgan fingerprint density at radius 3 is 2.90 bits per heavy atom. The van der Waals surface area contributed by atoms with E-state index in [4.69, 9.17) is 4.74 Å². The minimum atomic E-state index is -0.510. The normalized spacial score (nSPS) is 10.5. The Hall–Kier alpha value is -2.28. The molecule has 0 atom stereocenters. The van der Waals surface area contributed by atoms with Crippen LogP contribution >= 0.6 is 0 Å². The molecule has 0 spiro atoms. The van der Waals surface area contributed by atoms with Crippen molar-refractivity contribution in [2.75, 3.05) is 14.2 Å². The van der Waals surface area contributed by atoms with Gasteiger partial charge in [-0.1, -0.05) is 11.3 Å². The van der Waals surface area contributed by atoms with E-state index in [1.807, 2.05) is 12.1 Å². The van der Waals surface area contributed by atoms with Crippen LogP contribution in [0.3, 0.4) is 0 Å². The van der Waals surface area contributed by atoms with Crippen LogP contribution in [0.1, 0.15) is 21.7 Å². The summed E-state index contributed by atoms with van der Waals surface area (Å²) in [4.78, 5) is 15.7. The number of carbonyl (C=O) groups excluding carboxylic acids is 1. The van der Waals surface area contributed by atoms with Crippen molar-refractivity contribution in [2.45, 2.75) is 19.6 Å². The van der Waals surface area contributed by atoms with Gasteiger partial charge in [-0.25, -0.2) is 9.48 Å². The fourth-order valence-electron chi connectivity index (χ4n) is 1.83. The lowest BCUT2D eigenvalue weighted by Gasteiger charge is -2.06. The van der Waals surface area contributed by atoms with E-state index < -0.39 is 5.97 Å². The smallest absolute Gasteiger partial charge is 0.360 e. The molecule has 0 amide bonds. The van der Waals surface area contributed by atoms with Crippen LogP contribution in [-0.4, -0.2) is 40.2 Å². The standard InChI is InChI=1S/C13H16N4O3/c1-19-9-11-12(13(18)20-2)15-16-17(11)7-5-10-4-3-6-14-8-10/h3-4,6,8H,5,7,9H2,1-2H3. The second kappa shape index (κ2) is 6.76. The Bertz CT molecular complexity index is 568. The van der Waals surface area contributed by atoms with Crippen molar-refractivity contribution >= 4 is 5.97 Å². The van der Waals surface area contributed by atoms with E-state index in [1.54, 1.807) is 24.2 Å². The van der Waals surface area contributed by atoms with Gasteiger partial charge in [0.25, 0.3) is 0 Å². The number of hydrogen-bond donors (Lipinski definition) is 0. The number of aromatic nitrogens is 4. The van der Waals surface area contributed by atoms with Crippen molar-refractivity contribution in [3.05, 3.63) is 41.5 Å².